The van der Waals surface area contributed by atoms with Gasteiger partial charge < -0.3 is 9.80 Å². The summed E-state index contributed by atoms with van der Waals surface area (Å²) in [4.78, 5) is 27.5. The van der Waals surface area contributed by atoms with Crippen molar-refractivity contribution in [3.63, 3.8) is 0 Å². The molecular formula is C15H26N2O2. The Kier molecular flexibility index (Phi) is 4.91. The van der Waals surface area contributed by atoms with E-state index in [0.717, 1.165) is 25.9 Å². The second-order valence-electron chi connectivity index (χ2n) is 6.56. The molecule has 108 valence electrons. The van der Waals surface area contributed by atoms with Crippen LogP contribution in [-0.4, -0.2) is 39.1 Å². The molecule has 1 rings (SSSR count). The first kappa shape index (κ1) is 15.9. The predicted octanol–water partition coefficient (Wildman–Crippen LogP) is 1.36. The summed E-state index contributed by atoms with van der Waals surface area (Å²) in [6, 6.07) is 0. The van der Waals surface area contributed by atoms with Crippen LogP contribution in [0, 0.1) is 0 Å². The van der Waals surface area contributed by atoms with Crippen molar-refractivity contribution in [2.75, 3.05) is 39.1 Å². The lowest BCUT2D eigenvalue weighted by Gasteiger charge is -2.29. The van der Waals surface area contributed by atoms with E-state index >= 15 is 0 Å². The molecule has 0 aliphatic rings. The minimum Gasteiger partial charge on any atom is -0.371 e. The molecule has 0 saturated heterocycles. The Morgan fingerprint density at radius 1 is 0.895 bits per heavy atom. The second kappa shape index (κ2) is 5.87. The summed E-state index contributed by atoms with van der Waals surface area (Å²) in [5, 5.41) is 0. The molecule has 0 aliphatic heterocycles. The van der Waals surface area contributed by atoms with Gasteiger partial charge in [0.2, 0.25) is 10.9 Å². The molecule has 0 spiro atoms. The fourth-order valence-electron chi connectivity index (χ4n) is 2.33. The zero-order valence-electron chi connectivity index (χ0n) is 13.0. The van der Waals surface area contributed by atoms with E-state index in [1.54, 1.807) is 0 Å². The van der Waals surface area contributed by atoms with Crippen molar-refractivity contribution < 1.29 is 0 Å². The van der Waals surface area contributed by atoms with Gasteiger partial charge in [0, 0.05) is 19.2 Å². The maximum Gasteiger partial charge on any atom is 0.249 e. The molecule has 0 atom stereocenters. The summed E-state index contributed by atoms with van der Waals surface area (Å²) in [6.07, 6.45) is 2.12. The van der Waals surface area contributed by atoms with Gasteiger partial charge in [-0.2, -0.15) is 0 Å². The van der Waals surface area contributed by atoms with Crippen molar-refractivity contribution in [3.05, 3.63) is 26.0 Å². The SMILES string of the molecule is CN(C)CCCCN(C)c1c(C(C)(C)C)c(=O)c1=O. The van der Waals surface area contributed by atoms with Gasteiger partial charge in [-0.25, -0.2) is 0 Å². The Bertz CT molecular complexity index is 491. The third-order valence-electron chi connectivity index (χ3n) is 3.37. The fourth-order valence-corrected chi connectivity index (χ4v) is 2.33. The van der Waals surface area contributed by atoms with Crippen LogP contribution >= 0.6 is 0 Å². The van der Waals surface area contributed by atoms with E-state index in [4.69, 9.17) is 0 Å². The summed E-state index contributed by atoms with van der Waals surface area (Å²) in [5.74, 6) is 0. The highest BCUT2D eigenvalue weighted by atomic mass is 16.2. The molecule has 19 heavy (non-hydrogen) atoms. The molecule has 0 fully saturated rings. The van der Waals surface area contributed by atoms with Crippen molar-refractivity contribution in [3.8, 4) is 0 Å². The van der Waals surface area contributed by atoms with Crippen molar-refractivity contribution in [2.24, 2.45) is 0 Å². The third-order valence-corrected chi connectivity index (χ3v) is 3.37. The molecule has 0 aliphatic carbocycles. The lowest BCUT2D eigenvalue weighted by atomic mass is 9.82. The van der Waals surface area contributed by atoms with Crippen LogP contribution in [0.15, 0.2) is 9.59 Å². The van der Waals surface area contributed by atoms with Crippen LogP contribution in [0.25, 0.3) is 0 Å². The zero-order chi connectivity index (χ0) is 14.8. The van der Waals surface area contributed by atoms with E-state index in [-0.39, 0.29) is 16.3 Å². The average molecular weight is 266 g/mol. The van der Waals surface area contributed by atoms with Crippen LogP contribution in [0.3, 0.4) is 0 Å². The maximum atomic E-state index is 11.7. The van der Waals surface area contributed by atoms with E-state index in [9.17, 15) is 9.59 Å². The number of anilines is 1. The number of rotatable bonds is 6. The number of hydrogen-bond donors (Lipinski definition) is 0. The molecule has 4 heteroatoms. The van der Waals surface area contributed by atoms with Gasteiger partial charge in [-0.15, -0.1) is 0 Å². The molecule has 0 N–H and O–H groups in total. The van der Waals surface area contributed by atoms with Crippen LogP contribution in [0.4, 0.5) is 5.69 Å². The fraction of sp³-hybridized carbons (Fsp3) is 0.733. The monoisotopic (exact) mass is 266 g/mol. The van der Waals surface area contributed by atoms with Crippen LogP contribution < -0.4 is 15.8 Å². The van der Waals surface area contributed by atoms with Gasteiger partial charge in [-0.1, -0.05) is 20.8 Å². The molecule has 0 heterocycles. The van der Waals surface area contributed by atoms with Gasteiger partial charge >= 0.3 is 0 Å². The van der Waals surface area contributed by atoms with Crippen LogP contribution in [-0.2, 0) is 5.41 Å². The average Bonchev–Trinajstić information content (AvgIpc) is 2.27. The third kappa shape index (κ3) is 3.66. The maximum absolute atomic E-state index is 11.7. The second-order valence-corrected chi connectivity index (χ2v) is 6.56. The van der Waals surface area contributed by atoms with Gasteiger partial charge in [-0.3, -0.25) is 9.59 Å². The van der Waals surface area contributed by atoms with Crippen molar-refractivity contribution >= 4 is 5.69 Å². The largest absolute Gasteiger partial charge is 0.371 e. The standard InChI is InChI=1S/C15H26N2O2/c1-15(2,3)11-12(14(19)13(11)18)17(6)10-8-7-9-16(4)5/h7-10H2,1-6H3. The highest BCUT2D eigenvalue weighted by Crippen LogP contribution is 2.27. The van der Waals surface area contributed by atoms with Gasteiger partial charge in [0.25, 0.3) is 0 Å². The normalized spacial score (nSPS) is 12.4. The molecule has 1 aromatic rings. The summed E-state index contributed by atoms with van der Waals surface area (Å²) in [5.41, 5.74) is 0.440. The zero-order valence-corrected chi connectivity index (χ0v) is 13.0. The Balaban J connectivity index is 2.69. The predicted molar refractivity (Wildman–Crippen MR) is 81.1 cm³/mol. The van der Waals surface area contributed by atoms with E-state index in [2.05, 4.69) is 19.0 Å². The molecule has 0 amide bonds. The topological polar surface area (TPSA) is 40.6 Å². The first-order valence-corrected chi connectivity index (χ1v) is 6.86. The van der Waals surface area contributed by atoms with Crippen LogP contribution in [0.2, 0.25) is 0 Å². The van der Waals surface area contributed by atoms with Gasteiger partial charge in [0.05, 0.1) is 5.69 Å². The van der Waals surface area contributed by atoms with Crippen LogP contribution in [0.5, 0.6) is 0 Å². The van der Waals surface area contributed by atoms with Crippen molar-refractivity contribution in [1.82, 2.24) is 4.90 Å². The smallest absolute Gasteiger partial charge is 0.249 e. The summed E-state index contributed by atoms with van der Waals surface area (Å²) >= 11 is 0. The molecule has 0 saturated carbocycles. The van der Waals surface area contributed by atoms with Gasteiger partial charge in [0.1, 0.15) is 0 Å². The molecule has 0 bridgehead atoms. The first-order chi connectivity index (χ1) is 8.66. The van der Waals surface area contributed by atoms with Crippen LogP contribution in [0.1, 0.15) is 39.2 Å². The number of nitrogens with zero attached hydrogens (tertiary/aromatic N) is 2. The van der Waals surface area contributed by atoms with E-state index in [1.165, 1.54) is 0 Å². The lowest BCUT2D eigenvalue weighted by molar-refractivity contribution is 0.395. The summed E-state index contributed by atoms with van der Waals surface area (Å²) < 4.78 is 0. The van der Waals surface area contributed by atoms with E-state index in [0.29, 0.717) is 11.3 Å². The Morgan fingerprint density at radius 3 is 1.89 bits per heavy atom. The van der Waals surface area contributed by atoms with E-state index < -0.39 is 0 Å². The Morgan fingerprint density at radius 2 is 1.42 bits per heavy atom. The molecule has 0 aromatic heterocycles. The Labute approximate surface area is 115 Å². The first-order valence-electron chi connectivity index (χ1n) is 6.86. The molecular weight excluding hydrogens is 240 g/mol. The molecule has 0 radical (unpaired) electrons. The minimum absolute atomic E-state index is 0.252. The summed E-state index contributed by atoms with van der Waals surface area (Å²) in [6.45, 7) is 7.80. The summed E-state index contributed by atoms with van der Waals surface area (Å²) in [7, 11) is 6.01. The highest BCUT2D eigenvalue weighted by Gasteiger charge is 2.31. The number of hydrogen-bond acceptors (Lipinski definition) is 4. The number of unbranched alkanes of at least 4 members (excludes halogenated alkanes) is 1. The molecule has 4 nitrogen and oxygen atoms in total. The molecule has 1 aromatic carbocycles. The highest BCUT2D eigenvalue weighted by molar-refractivity contribution is 5.60. The Hall–Kier alpha value is -1.16. The van der Waals surface area contributed by atoms with Crippen molar-refractivity contribution in [1.29, 1.82) is 0 Å². The van der Waals surface area contributed by atoms with E-state index in [1.807, 2.05) is 32.7 Å². The quantitative estimate of drug-likeness (QED) is 0.576. The minimum atomic E-state index is -0.319. The van der Waals surface area contributed by atoms with Gasteiger partial charge in [0.15, 0.2) is 0 Å². The molecule has 0 unspecified atom stereocenters. The lowest BCUT2D eigenvalue weighted by Crippen LogP contribution is -2.46. The van der Waals surface area contributed by atoms with Crippen molar-refractivity contribution in [2.45, 2.75) is 39.0 Å². The van der Waals surface area contributed by atoms with Gasteiger partial charge in [-0.05, 0) is 38.9 Å².